The Balaban J connectivity index is 0.000000194. The molecule has 0 bridgehead atoms. The normalized spacial score (nSPS) is 11.6. The van der Waals surface area contributed by atoms with Gasteiger partial charge in [0.05, 0.1) is 20.0 Å². The minimum Gasteiger partial charge on any atom is -0.493 e. The molecule has 10 nitrogen and oxygen atoms in total. The zero-order valence-corrected chi connectivity index (χ0v) is 15.2. The van der Waals surface area contributed by atoms with Crippen LogP contribution in [0, 0.1) is 0 Å². The molecule has 0 saturated heterocycles. The second-order valence-corrected chi connectivity index (χ2v) is 5.64. The minimum atomic E-state index is -0.861. The van der Waals surface area contributed by atoms with Crippen molar-refractivity contribution in [1.82, 2.24) is 19.1 Å². The maximum atomic E-state index is 11.3. The Morgan fingerprint density at radius 1 is 1.22 bits per heavy atom. The second kappa shape index (κ2) is 9.01. The van der Waals surface area contributed by atoms with Gasteiger partial charge in [0, 0.05) is 14.1 Å². The third kappa shape index (κ3) is 4.74. The number of rotatable bonds is 5. The molecule has 1 unspecified atom stereocenters. The molecule has 0 radical (unpaired) electrons. The van der Waals surface area contributed by atoms with Crippen molar-refractivity contribution < 1.29 is 19.7 Å². The van der Waals surface area contributed by atoms with Gasteiger partial charge in [0.1, 0.15) is 12.7 Å². The fraction of sp³-hybridized carbons (Fsp3) is 0.353. The van der Waals surface area contributed by atoms with Crippen LogP contribution < -0.4 is 20.7 Å². The van der Waals surface area contributed by atoms with Crippen LogP contribution in [0.4, 0.5) is 0 Å². The molecule has 10 heteroatoms. The van der Waals surface area contributed by atoms with Crippen molar-refractivity contribution in [3.63, 3.8) is 0 Å². The molecule has 1 aromatic carbocycles. The van der Waals surface area contributed by atoms with Gasteiger partial charge in [-0.25, -0.2) is 9.78 Å². The van der Waals surface area contributed by atoms with Gasteiger partial charge in [-0.1, -0.05) is 12.1 Å². The molecule has 27 heavy (non-hydrogen) atoms. The van der Waals surface area contributed by atoms with E-state index >= 15 is 0 Å². The van der Waals surface area contributed by atoms with E-state index in [1.54, 1.807) is 37.9 Å². The minimum absolute atomic E-state index is 0.0525. The zero-order chi connectivity index (χ0) is 20.0. The number of aromatic amines is 1. The number of para-hydroxylation sites is 2. The lowest BCUT2D eigenvalue weighted by Crippen LogP contribution is -2.28. The smallest absolute Gasteiger partial charge is 0.329 e. The van der Waals surface area contributed by atoms with Crippen LogP contribution in [0.25, 0.3) is 11.2 Å². The Labute approximate surface area is 154 Å². The number of hydrogen-bond donors (Lipinski definition) is 3. The molecule has 2 aromatic heterocycles. The van der Waals surface area contributed by atoms with Crippen molar-refractivity contribution in [2.75, 3.05) is 20.3 Å². The van der Waals surface area contributed by atoms with Crippen molar-refractivity contribution in [3.8, 4) is 11.5 Å². The standard InChI is InChI=1S/C10H14O4.C7H8N4O2/c1-13-9-4-2-3-5-10(9)14-7-8(12)6-11;1-10-3-8-5-4(10)6(12)9-7(13)11(5)2/h2-5,8,11-12H,6-7H2,1H3;3H,1-2H3,(H,9,12,13). The quantitative estimate of drug-likeness (QED) is 0.539. The number of nitrogens with zero attached hydrogens (tertiary/aromatic N) is 3. The summed E-state index contributed by atoms with van der Waals surface area (Å²) in [6.07, 6.45) is 0.638. The maximum Gasteiger partial charge on any atom is 0.329 e. The summed E-state index contributed by atoms with van der Waals surface area (Å²) >= 11 is 0. The molecule has 0 aliphatic heterocycles. The number of benzene rings is 1. The summed E-state index contributed by atoms with van der Waals surface area (Å²) in [4.78, 5) is 28.6. The van der Waals surface area contributed by atoms with Crippen molar-refractivity contribution in [2.45, 2.75) is 6.10 Å². The zero-order valence-electron chi connectivity index (χ0n) is 15.2. The number of hydrogen-bond acceptors (Lipinski definition) is 7. The first-order valence-electron chi connectivity index (χ1n) is 8.04. The first-order valence-corrected chi connectivity index (χ1v) is 8.04. The summed E-state index contributed by atoms with van der Waals surface area (Å²) in [5.41, 5.74) is -0.0485. The Bertz CT molecular complexity index is 1010. The lowest BCUT2D eigenvalue weighted by Gasteiger charge is -2.12. The molecular weight excluding hydrogens is 356 g/mol. The van der Waals surface area contributed by atoms with Gasteiger partial charge in [-0.2, -0.15) is 0 Å². The molecule has 3 N–H and O–H groups in total. The average molecular weight is 378 g/mol. The number of H-pyrrole nitrogens is 1. The highest BCUT2D eigenvalue weighted by Crippen LogP contribution is 2.25. The molecule has 146 valence electrons. The average Bonchev–Trinajstić information content (AvgIpc) is 3.07. The number of imidazole rings is 1. The molecular formula is C17H22N4O6. The molecule has 0 amide bonds. The van der Waals surface area contributed by atoms with Crippen LogP contribution in [-0.4, -0.2) is 55.7 Å². The lowest BCUT2D eigenvalue weighted by atomic mass is 10.3. The second-order valence-electron chi connectivity index (χ2n) is 5.64. The predicted molar refractivity (Wildman–Crippen MR) is 98.2 cm³/mol. The van der Waals surface area contributed by atoms with Crippen LogP contribution in [-0.2, 0) is 14.1 Å². The highest BCUT2D eigenvalue weighted by atomic mass is 16.5. The molecule has 3 rings (SSSR count). The van der Waals surface area contributed by atoms with Crippen molar-refractivity contribution in [1.29, 1.82) is 0 Å². The Morgan fingerprint density at radius 3 is 2.52 bits per heavy atom. The number of ether oxygens (including phenoxy) is 2. The van der Waals surface area contributed by atoms with Gasteiger partial charge >= 0.3 is 5.69 Å². The van der Waals surface area contributed by atoms with Gasteiger partial charge in [-0.3, -0.25) is 14.3 Å². The van der Waals surface area contributed by atoms with Crippen molar-refractivity contribution >= 4 is 11.2 Å². The number of aryl methyl sites for hydroxylation is 2. The van der Waals surface area contributed by atoms with E-state index < -0.39 is 17.4 Å². The molecule has 0 saturated carbocycles. The highest BCUT2D eigenvalue weighted by molar-refractivity contribution is 5.69. The van der Waals surface area contributed by atoms with Crippen LogP contribution in [0.2, 0.25) is 0 Å². The van der Waals surface area contributed by atoms with E-state index in [0.29, 0.717) is 22.7 Å². The Morgan fingerprint density at radius 2 is 1.89 bits per heavy atom. The molecule has 2 heterocycles. The topological polar surface area (TPSA) is 132 Å². The highest BCUT2D eigenvalue weighted by Gasteiger charge is 2.08. The summed E-state index contributed by atoms with van der Waals surface area (Å²) in [7, 11) is 4.81. The van der Waals surface area contributed by atoms with Crippen LogP contribution in [0.1, 0.15) is 0 Å². The largest absolute Gasteiger partial charge is 0.493 e. The Kier molecular flexibility index (Phi) is 6.74. The molecule has 3 aromatic rings. The van der Waals surface area contributed by atoms with E-state index in [4.69, 9.17) is 19.7 Å². The molecule has 0 aliphatic carbocycles. The monoisotopic (exact) mass is 378 g/mol. The fourth-order valence-electron chi connectivity index (χ4n) is 2.24. The van der Waals surface area contributed by atoms with Crippen LogP contribution >= 0.6 is 0 Å². The first-order chi connectivity index (χ1) is 12.9. The number of fused-ring (bicyclic) bond motifs is 1. The third-order valence-corrected chi connectivity index (χ3v) is 3.69. The van der Waals surface area contributed by atoms with Crippen molar-refractivity contribution in [2.24, 2.45) is 14.1 Å². The van der Waals surface area contributed by atoms with E-state index in [1.165, 1.54) is 10.9 Å². The number of nitrogens with one attached hydrogen (secondary N) is 1. The first kappa shape index (κ1) is 20.2. The number of methoxy groups -OCH3 is 1. The number of aromatic nitrogens is 4. The molecule has 0 spiro atoms. The molecule has 0 fully saturated rings. The van der Waals surface area contributed by atoms with E-state index in [1.807, 2.05) is 12.1 Å². The van der Waals surface area contributed by atoms with Crippen LogP contribution in [0.5, 0.6) is 11.5 Å². The van der Waals surface area contributed by atoms with E-state index in [9.17, 15) is 9.59 Å². The third-order valence-electron chi connectivity index (χ3n) is 3.69. The lowest BCUT2D eigenvalue weighted by molar-refractivity contribution is 0.0527. The van der Waals surface area contributed by atoms with E-state index in [2.05, 4.69) is 9.97 Å². The van der Waals surface area contributed by atoms with Gasteiger partial charge in [-0.15, -0.1) is 0 Å². The van der Waals surface area contributed by atoms with Crippen LogP contribution in [0.15, 0.2) is 40.2 Å². The van der Waals surface area contributed by atoms with E-state index in [-0.39, 0.29) is 13.2 Å². The van der Waals surface area contributed by atoms with Crippen molar-refractivity contribution in [3.05, 3.63) is 51.4 Å². The predicted octanol–water partition coefficient (Wildman–Crippen LogP) is -0.612. The Hall–Kier alpha value is -3.11. The maximum absolute atomic E-state index is 11.3. The van der Waals surface area contributed by atoms with Gasteiger partial charge in [0.25, 0.3) is 5.56 Å². The summed E-state index contributed by atoms with van der Waals surface area (Å²) in [6, 6.07) is 7.14. The van der Waals surface area contributed by atoms with Crippen LogP contribution in [0.3, 0.4) is 0 Å². The summed E-state index contributed by atoms with van der Waals surface area (Å²) in [6.45, 7) is -0.258. The summed E-state index contributed by atoms with van der Waals surface area (Å²) in [5, 5.41) is 17.6. The van der Waals surface area contributed by atoms with Gasteiger partial charge in [-0.05, 0) is 12.1 Å². The SMILES string of the molecule is COc1ccccc1OCC(O)CO.Cn1cnc2c1c(=O)[nH]c(=O)n2C. The number of aliphatic hydroxyl groups is 2. The van der Waals surface area contributed by atoms with E-state index in [0.717, 1.165) is 0 Å². The number of aliphatic hydroxyl groups excluding tert-OH is 2. The van der Waals surface area contributed by atoms with Gasteiger partial charge in [0.15, 0.2) is 22.7 Å². The fourth-order valence-corrected chi connectivity index (χ4v) is 2.24. The van der Waals surface area contributed by atoms with Gasteiger partial charge < -0.3 is 24.3 Å². The molecule has 1 atom stereocenters. The molecule has 0 aliphatic rings. The summed E-state index contributed by atoms with van der Waals surface area (Å²) < 4.78 is 13.2. The summed E-state index contributed by atoms with van der Waals surface area (Å²) in [5.74, 6) is 1.17. The van der Waals surface area contributed by atoms with Gasteiger partial charge in [0.2, 0.25) is 0 Å².